The van der Waals surface area contributed by atoms with Crippen LogP contribution in [0, 0.1) is 17.0 Å². The van der Waals surface area contributed by atoms with Crippen molar-refractivity contribution < 1.29 is 9.66 Å². The van der Waals surface area contributed by atoms with E-state index in [-0.39, 0.29) is 28.2 Å². The summed E-state index contributed by atoms with van der Waals surface area (Å²) in [5.41, 5.74) is 6.23. The Kier molecular flexibility index (Phi) is 3.48. The highest BCUT2D eigenvalue weighted by molar-refractivity contribution is 6.32. The Balaban J connectivity index is 2.44. The summed E-state index contributed by atoms with van der Waals surface area (Å²) in [4.78, 5) is 17.9. The number of nitrogens with two attached hydrogens (primary N) is 1. The number of hydrogen-bond acceptors (Lipinski definition) is 6. The van der Waals surface area contributed by atoms with Crippen molar-refractivity contribution >= 4 is 23.0 Å². The van der Waals surface area contributed by atoms with E-state index in [1.165, 1.54) is 12.1 Å². The van der Waals surface area contributed by atoms with Gasteiger partial charge in [0, 0.05) is 6.07 Å². The van der Waals surface area contributed by atoms with Gasteiger partial charge >= 0.3 is 5.69 Å². The lowest BCUT2D eigenvalue weighted by molar-refractivity contribution is -0.385. The first-order chi connectivity index (χ1) is 8.99. The number of benzene rings is 1. The molecule has 0 unspecified atom stereocenters. The van der Waals surface area contributed by atoms with Gasteiger partial charge in [-0.2, -0.15) is 4.98 Å². The van der Waals surface area contributed by atoms with Crippen molar-refractivity contribution in [1.29, 1.82) is 0 Å². The normalized spacial score (nSPS) is 10.2. The summed E-state index contributed by atoms with van der Waals surface area (Å²) in [6.07, 6.45) is 1.16. The molecule has 0 saturated carbocycles. The molecule has 0 spiro atoms. The summed E-state index contributed by atoms with van der Waals surface area (Å²) in [7, 11) is 0. The molecule has 1 aromatic heterocycles. The maximum atomic E-state index is 11.0. The molecule has 2 aromatic rings. The first-order valence-electron chi connectivity index (χ1n) is 5.18. The van der Waals surface area contributed by atoms with Gasteiger partial charge in [0.2, 0.25) is 11.6 Å². The van der Waals surface area contributed by atoms with Gasteiger partial charge in [0.15, 0.2) is 5.15 Å². The fourth-order valence-electron chi connectivity index (χ4n) is 1.40. The fourth-order valence-corrected chi connectivity index (χ4v) is 1.53. The minimum atomic E-state index is -0.540. The standard InChI is InChI=1S/C11H9ClN4O3/c1-6-2-3-8(7(4-6)16(17)18)19-11-9(13)10(12)14-5-15-11/h2-5H,13H2,1H3. The largest absolute Gasteiger partial charge is 0.430 e. The van der Waals surface area contributed by atoms with Crippen LogP contribution in [0.2, 0.25) is 5.15 Å². The maximum Gasteiger partial charge on any atom is 0.311 e. The second-order valence-electron chi connectivity index (χ2n) is 3.71. The van der Waals surface area contributed by atoms with Gasteiger partial charge in [0.05, 0.1) is 4.92 Å². The van der Waals surface area contributed by atoms with Crippen LogP contribution in [0.15, 0.2) is 24.5 Å². The zero-order valence-electron chi connectivity index (χ0n) is 9.83. The molecule has 2 N–H and O–H groups in total. The summed E-state index contributed by atoms with van der Waals surface area (Å²) < 4.78 is 5.34. The fraction of sp³-hybridized carbons (Fsp3) is 0.0909. The number of anilines is 1. The zero-order valence-corrected chi connectivity index (χ0v) is 10.6. The second-order valence-corrected chi connectivity index (χ2v) is 4.07. The van der Waals surface area contributed by atoms with Crippen LogP contribution in [0.4, 0.5) is 11.4 Å². The Bertz CT molecular complexity index is 648. The molecule has 98 valence electrons. The lowest BCUT2D eigenvalue weighted by Gasteiger charge is -2.08. The van der Waals surface area contributed by atoms with Crippen molar-refractivity contribution in [3.63, 3.8) is 0 Å². The number of aromatic nitrogens is 2. The van der Waals surface area contributed by atoms with Crippen LogP contribution >= 0.6 is 11.6 Å². The summed E-state index contributed by atoms with van der Waals surface area (Å²) in [5.74, 6) is 0.0176. The van der Waals surface area contributed by atoms with E-state index in [2.05, 4.69) is 9.97 Å². The summed E-state index contributed by atoms with van der Waals surface area (Å²) in [6, 6.07) is 4.55. The van der Waals surface area contributed by atoms with Crippen molar-refractivity contribution in [3.8, 4) is 11.6 Å². The summed E-state index contributed by atoms with van der Waals surface area (Å²) in [5, 5.41) is 11.0. The number of nitrogens with zero attached hydrogens (tertiary/aromatic N) is 3. The number of rotatable bonds is 3. The third-order valence-electron chi connectivity index (χ3n) is 2.32. The molecule has 1 heterocycles. The number of ether oxygens (including phenoxy) is 1. The van der Waals surface area contributed by atoms with Crippen LogP contribution in [0.5, 0.6) is 11.6 Å². The lowest BCUT2D eigenvalue weighted by atomic mass is 10.2. The number of nitro groups is 1. The Morgan fingerprint density at radius 2 is 2.16 bits per heavy atom. The van der Waals surface area contributed by atoms with Gasteiger partial charge in [-0.3, -0.25) is 10.1 Å². The highest BCUT2D eigenvalue weighted by Crippen LogP contribution is 2.34. The third-order valence-corrected chi connectivity index (χ3v) is 2.62. The van der Waals surface area contributed by atoms with Gasteiger partial charge in [0.1, 0.15) is 12.0 Å². The molecule has 0 radical (unpaired) electrons. The summed E-state index contributed by atoms with van der Waals surface area (Å²) >= 11 is 5.72. The van der Waals surface area contributed by atoms with Gasteiger partial charge in [-0.05, 0) is 18.6 Å². The SMILES string of the molecule is Cc1ccc(Oc2ncnc(Cl)c2N)c([N+](=O)[O-])c1. The highest BCUT2D eigenvalue weighted by Gasteiger charge is 2.18. The molecular weight excluding hydrogens is 272 g/mol. The lowest BCUT2D eigenvalue weighted by Crippen LogP contribution is -1.99. The van der Waals surface area contributed by atoms with Crippen LogP contribution in [0.3, 0.4) is 0 Å². The van der Waals surface area contributed by atoms with E-state index >= 15 is 0 Å². The quantitative estimate of drug-likeness (QED) is 0.526. The summed E-state index contributed by atoms with van der Waals surface area (Å²) in [6.45, 7) is 1.74. The van der Waals surface area contributed by atoms with E-state index in [1.54, 1.807) is 13.0 Å². The predicted octanol–water partition coefficient (Wildman–Crippen LogP) is 2.72. The average molecular weight is 281 g/mol. The minimum absolute atomic E-state index is 0.0213. The predicted molar refractivity (Wildman–Crippen MR) is 69.4 cm³/mol. The van der Waals surface area contributed by atoms with E-state index in [0.29, 0.717) is 0 Å². The molecule has 8 heteroatoms. The number of halogens is 1. The molecule has 0 amide bonds. The van der Waals surface area contributed by atoms with Crippen LogP contribution < -0.4 is 10.5 Å². The third kappa shape index (κ3) is 2.71. The molecule has 0 aliphatic rings. The average Bonchev–Trinajstić information content (AvgIpc) is 2.36. The van der Waals surface area contributed by atoms with Crippen molar-refractivity contribution in [3.05, 3.63) is 45.4 Å². The molecule has 7 nitrogen and oxygen atoms in total. The number of nitro benzene ring substituents is 1. The van der Waals surface area contributed by atoms with Gasteiger partial charge in [-0.25, -0.2) is 4.98 Å². The maximum absolute atomic E-state index is 11.0. The molecule has 0 aliphatic heterocycles. The first kappa shape index (κ1) is 13.0. The Morgan fingerprint density at radius 1 is 1.42 bits per heavy atom. The zero-order chi connectivity index (χ0) is 14.0. The Hall–Kier alpha value is -2.41. The Morgan fingerprint density at radius 3 is 2.84 bits per heavy atom. The molecule has 0 atom stereocenters. The Labute approximate surface area is 113 Å². The van der Waals surface area contributed by atoms with Crippen molar-refractivity contribution in [1.82, 2.24) is 9.97 Å². The van der Waals surface area contributed by atoms with Crippen LogP contribution in [0.25, 0.3) is 0 Å². The number of hydrogen-bond donors (Lipinski definition) is 1. The smallest absolute Gasteiger partial charge is 0.311 e. The second kappa shape index (κ2) is 5.07. The number of nitrogen functional groups attached to an aromatic ring is 1. The molecular formula is C11H9ClN4O3. The molecule has 1 aromatic carbocycles. The van der Waals surface area contributed by atoms with E-state index in [4.69, 9.17) is 22.1 Å². The number of aryl methyl sites for hydroxylation is 1. The molecule has 0 saturated heterocycles. The van der Waals surface area contributed by atoms with Crippen LogP contribution in [-0.4, -0.2) is 14.9 Å². The highest BCUT2D eigenvalue weighted by atomic mass is 35.5. The molecule has 0 bridgehead atoms. The van der Waals surface area contributed by atoms with E-state index in [9.17, 15) is 10.1 Å². The molecule has 19 heavy (non-hydrogen) atoms. The van der Waals surface area contributed by atoms with Crippen LogP contribution in [0.1, 0.15) is 5.56 Å². The molecule has 0 fully saturated rings. The van der Waals surface area contributed by atoms with Gasteiger partial charge < -0.3 is 10.5 Å². The van der Waals surface area contributed by atoms with Crippen LogP contribution in [-0.2, 0) is 0 Å². The van der Waals surface area contributed by atoms with E-state index < -0.39 is 4.92 Å². The van der Waals surface area contributed by atoms with E-state index in [1.807, 2.05) is 0 Å². The van der Waals surface area contributed by atoms with Gasteiger partial charge in [-0.1, -0.05) is 17.7 Å². The molecule has 0 aliphatic carbocycles. The minimum Gasteiger partial charge on any atom is -0.430 e. The van der Waals surface area contributed by atoms with Crippen molar-refractivity contribution in [2.45, 2.75) is 6.92 Å². The van der Waals surface area contributed by atoms with Gasteiger partial charge in [-0.15, -0.1) is 0 Å². The molecule has 2 rings (SSSR count). The first-order valence-corrected chi connectivity index (χ1v) is 5.55. The van der Waals surface area contributed by atoms with Crippen molar-refractivity contribution in [2.75, 3.05) is 5.73 Å². The van der Waals surface area contributed by atoms with E-state index in [0.717, 1.165) is 11.9 Å². The van der Waals surface area contributed by atoms with Gasteiger partial charge in [0.25, 0.3) is 0 Å². The topological polar surface area (TPSA) is 104 Å². The van der Waals surface area contributed by atoms with Crippen molar-refractivity contribution in [2.24, 2.45) is 0 Å². The monoisotopic (exact) mass is 280 g/mol.